The zero-order chi connectivity index (χ0) is 14.6. The lowest BCUT2D eigenvalue weighted by Crippen LogP contribution is -2.25. The second-order valence-corrected chi connectivity index (χ2v) is 3.59. The summed E-state index contributed by atoms with van der Waals surface area (Å²) in [7, 11) is 1.17. The molecule has 4 nitrogen and oxygen atoms in total. The molecule has 0 atom stereocenters. The molecule has 0 aliphatic heterocycles. The van der Waals surface area contributed by atoms with Crippen LogP contribution in [0, 0.1) is 0 Å². The van der Waals surface area contributed by atoms with Gasteiger partial charge in [0.05, 0.1) is 19.1 Å². The van der Waals surface area contributed by atoms with E-state index in [9.17, 15) is 27.6 Å². The monoisotopic (exact) mass is 274 g/mol. The van der Waals surface area contributed by atoms with Gasteiger partial charge in [0.1, 0.15) is 0 Å². The Bertz CT molecular complexity index is 503. The van der Waals surface area contributed by atoms with Crippen molar-refractivity contribution >= 4 is 17.5 Å². The van der Waals surface area contributed by atoms with E-state index in [0.29, 0.717) is 0 Å². The molecule has 1 aromatic carbocycles. The smallest absolute Gasteiger partial charge is 0.450 e. The standard InChI is InChI=1S/C12H9F3O4/c1-19-11(18)8-4-2-7(3-5-8)9(16)6-10(17)12(13,14)15/h2-5H,6H2,1H3. The van der Waals surface area contributed by atoms with Gasteiger partial charge in [0.2, 0.25) is 5.78 Å². The fraction of sp³-hybridized carbons (Fsp3) is 0.250. The summed E-state index contributed by atoms with van der Waals surface area (Å²) in [6.07, 6.45) is -6.28. The number of ether oxygens (including phenoxy) is 1. The minimum atomic E-state index is -5.03. The van der Waals surface area contributed by atoms with Gasteiger partial charge in [-0.1, -0.05) is 12.1 Å². The molecular formula is C12H9F3O4. The Labute approximate surface area is 106 Å². The Morgan fingerprint density at radius 3 is 1.95 bits per heavy atom. The molecule has 19 heavy (non-hydrogen) atoms. The molecule has 0 saturated carbocycles. The van der Waals surface area contributed by atoms with Crippen LogP contribution >= 0.6 is 0 Å². The Hall–Kier alpha value is -2.18. The number of ketones is 2. The van der Waals surface area contributed by atoms with Crippen molar-refractivity contribution in [2.75, 3.05) is 7.11 Å². The number of hydrogen-bond acceptors (Lipinski definition) is 4. The van der Waals surface area contributed by atoms with Crippen LogP contribution in [0.25, 0.3) is 0 Å². The molecule has 102 valence electrons. The van der Waals surface area contributed by atoms with E-state index in [1.165, 1.54) is 19.2 Å². The van der Waals surface area contributed by atoms with E-state index in [2.05, 4.69) is 4.74 Å². The molecular weight excluding hydrogens is 265 g/mol. The third-order valence-electron chi connectivity index (χ3n) is 2.27. The average Bonchev–Trinajstić information content (AvgIpc) is 2.36. The second kappa shape index (κ2) is 5.64. The van der Waals surface area contributed by atoms with E-state index >= 15 is 0 Å². The molecule has 0 aromatic heterocycles. The van der Waals surface area contributed by atoms with Gasteiger partial charge in [0.25, 0.3) is 0 Å². The highest BCUT2D eigenvalue weighted by atomic mass is 19.4. The number of hydrogen-bond donors (Lipinski definition) is 0. The van der Waals surface area contributed by atoms with Gasteiger partial charge in [-0.3, -0.25) is 9.59 Å². The van der Waals surface area contributed by atoms with E-state index in [0.717, 1.165) is 12.1 Å². The Morgan fingerprint density at radius 1 is 1.05 bits per heavy atom. The van der Waals surface area contributed by atoms with Gasteiger partial charge in [0, 0.05) is 5.56 Å². The largest absolute Gasteiger partial charge is 0.465 e. The van der Waals surface area contributed by atoms with Crippen LogP contribution in [0.5, 0.6) is 0 Å². The van der Waals surface area contributed by atoms with Gasteiger partial charge >= 0.3 is 12.1 Å². The summed E-state index contributed by atoms with van der Waals surface area (Å²) >= 11 is 0. The van der Waals surface area contributed by atoms with Crippen molar-refractivity contribution in [2.45, 2.75) is 12.6 Å². The topological polar surface area (TPSA) is 60.4 Å². The maximum absolute atomic E-state index is 12.0. The first-order valence-electron chi connectivity index (χ1n) is 5.07. The molecule has 0 N–H and O–H groups in total. The van der Waals surface area contributed by atoms with Crippen LogP contribution in [0.4, 0.5) is 13.2 Å². The van der Waals surface area contributed by atoms with Gasteiger partial charge in [-0.25, -0.2) is 4.79 Å². The van der Waals surface area contributed by atoms with Crippen molar-refractivity contribution in [3.05, 3.63) is 35.4 Å². The van der Waals surface area contributed by atoms with Crippen LogP contribution in [0.1, 0.15) is 27.1 Å². The normalized spacial score (nSPS) is 10.9. The molecule has 0 heterocycles. The number of methoxy groups -OCH3 is 1. The molecule has 7 heteroatoms. The lowest BCUT2D eigenvalue weighted by atomic mass is 10.0. The number of carbonyl (C=O) groups is 3. The summed E-state index contributed by atoms with van der Waals surface area (Å²) < 4.78 is 40.4. The number of halogens is 3. The third-order valence-corrected chi connectivity index (χ3v) is 2.27. The van der Waals surface area contributed by atoms with E-state index in [4.69, 9.17) is 0 Å². The summed E-state index contributed by atoms with van der Waals surface area (Å²) in [5.41, 5.74) is 0.0754. The van der Waals surface area contributed by atoms with Crippen molar-refractivity contribution in [3.8, 4) is 0 Å². The van der Waals surface area contributed by atoms with E-state index in [1.807, 2.05) is 0 Å². The third kappa shape index (κ3) is 3.90. The van der Waals surface area contributed by atoms with Gasteiger partial charge < -0.3 is 4.74 Å². The number of carbonyl (C=O) groups excluding carboxylic acids is 3. The first-order valence-corrected chi connectivity index (χ1v) is 5.07. The summed E-state index contributed by atoms with van der Waals surface area (Å²) in [6, 6.07) is 4.80. The van der Waals surface area contributed by atoms with Crippen LogP contribution in [-0.4, -0.2) is 30.8 Å². The first-order chi connectivity index (χ1) is 8.75. The van der Waals surface area contributed by atoms with Crippen molar-refractivity contribution in [1.29, 1.82) is 0 Å². The predicted octanol–water partition coefficient (Wildman–Crippen LogP) is 2.18. The minimum Gasteiger partial charge on any atom is -0.465 e. The number of esters is 1. The summed E-state index contributed by atoms with van der Waals surface area (Å²) in [5.74, 6) is -3.70. The molecule has 1 aromatic rings. The fourth-order valence-electron chi connectivity index (χ4n) is 1.26. The lowest BCUT2D eigenvalue weighted by molar-refractivity contribution is -0.170. The molecule has 0 amide bonds. The van der Waals surface area contributed by atoms with Crippen LogP contribution in [-0.2, 0) is 9.53 Å². The zero-order valence-electron chi connectivity index (χ0n) is 9.78. The Morgan fingerprint density at radius 2 is 1.53 bits per heavy atom. The van der Waals surface area contributed by atoms with Gasteiger partial charge in [0.15, 0.2) is 5.78 Å². The van der Waals surface area contributed by atoms with E-state index < -0.39 is 30.1 Å². The summed E-state index contributed by atoms with van der Waals surface area (Å²) in [5, 5.41) is 0. The number of Topliss-reactive ketones (excluding diaryl/α,β-unsaturated/α-hetero) is 2. The fourth-order valence-corrected chi connectivity index (χ4v) is 1.26. The number of benzene rings is 1. The lowest BCUT2D eigenvalue weighted by Gasteiger charge is -2.05. The first kappa shape index (κ1) is 14.9. The van der Waals surface area contributed by atoms with Gasteiger partial charge in [-0.2, -0.15) is 13.2 Å². The quantitative estimate of drug-likeness (QED) is 0.479. The van der Waals surface area contributed by atoms with E-state index in [-0.39, 0.29) is 11.1 Å². The molecule has 1 rings (SSSR count). The Balaban J connectivity index is 2.79. The molecule has 0 aliphatic rings. The van der Waals surface area contributed by atoms with Crippen LogP contribution in [0.3, 0.4) is 0 Å². The maximum atomic E-state index is 12.0. The molecule has 0 bridgehead atoms. The summed E-state index contributed by atoms with van der Waals surface area (Å²) in [4.78, 5) is 33.2. The predicted molar refractivity (Wildman–Crippen MR) is 57.8 cm³/mol. The molecule has 0 fully saturated rings. The SMILES string of the molecule is COC(=O)c1ccc(C(=O)CC(=O)C(F)(F)F)cc1. The van der Waals surface area contributed by atoms with Gasteiger partial charge in [-0.15, -0.1) is 0 Å². The molecule has 0 spiro atoms. The van der Waals surface area contributed by atoms with Crippen molar-refractivity contribution in [1.82, 2.24) is 0 Å². The highest BCUT2D eigenvalue weighted by Crippen LogP contribution is 2.19. The van der Waals surface area contributed by atoms with E-state index in [1.54, 1.807) is 0 Å². The number of alkyl halides is 3. The molecule has 0 unspecified atom stereocenters. The van der Waals surface area contributed by atoms with Gasteiger partial charge in [-0.05, 0) is 12.1 Å². The second-order valence-electron chi connectivity index (χ2n) is 3.59. The molecule has 0 saturated heterocycles. The molecule has 0 radical (unpaired) electrons. The minimum absolute atomic E-state index is 0.0785. The maximum Gasteiger partial charge on any atom is 0.450 e. The van der Waals surface area contributed by atoms with Crippen LogP contribution in [0.15, 0.2) is 24.3 Å². The highest BCUT2D eigenvalue weighted by molar-refractivity contribution is 6.09. The van der Waals surface area contributed by atoms with Crippen molar-refractivity contribution in [2.24, 2.45) is 0 Å². The van der Waals surface area contributed by atoms with Crippen LogP contribution < -0.4 is 0 Å². The summed E-state index contributed by atoms with van der Waals surface area (Å²) in [6.45, 7) is 0. The molecule has 0 aliphatic carbocycles. The van der Waals surface area contributed by atoms with Crippen molar-refractivity contribution in [3.63, 3.8) is 0 Å². The number of rotatable bonds is 4. The highest BCUT2D eigenvalue weighted by Gasteiger charge is 2.39. The average molecular weight is 274 g/mol. The Kier molecular flexibility index (Phi) is 4.42. The van der Waals surface area contributed by atoms with Crippen molar-refractivity contribution < 1.29 is 32.3 Å². The zero-order valence-corrected chi connectivity index (χ0v) is 9.78. The van der Waals surface area contributed by atoms with Crippen LogP contribution in [0.2, 0.25) is 0 Å².